The fraction of sp³-hybridized carbons (Fsp3) is 0.235. The third-order valence-electron chi connectivity index (χ3n) is 3.29. The molecule has 0 fully saturated rings. The Hall–Kier alpha value is -2.00. The van der Waals surface area contributed by atoms with Gasteiger partial charge in [0.1, 0.15) is 5.75 Å². The highest BCUT2D eigenvalue weighted by atomic mass is 35.5. The van der Waals surface area contributed by atoms with Crippen LogP contribution in [0.25, 0.3) is 0 Å². The minimum atomic E-state index is -0.129. The highest BCUT2D eigenvalue weighted by Gasteiger charge is 2.14. The van der Waals surface area contributed by atoms with Gasteiger partial charge in [-0.2, -0.15) is 0 Å². The monoisotopic (exact) mass is 303 g/mol. The molecule has 2 aromatic carbocycles. The molecular weight excluding hydrogens is 286 g/mol. The quantitative estimate of drug-likeness (QED) is 0.913. The Morgan fingerprint density at radius 1 is 1.19 bits per heavy atom. The molecule has 1 amide bonds. The van der Waals surface area contributed by atoms with Crippen LogP contribution in [0.5, 0.6) is 5.75 Å². The second kappa shape index (κ2) is 7.14. The zero-order valence-electron chi connectivity index (χ0n) is 12.1. The molecule has 0 radical (unpaired) electrons. The van der Waals surface area contributed by atoms with E-state index in [1.807, 2.05) is 49.4 Å². The van der Waals surface area contributed by atoms with Crippen molar-refractivity contribution in [1.29, 1.82) is 0 Å². The molecular formula is C17H18ClNO2. The maximum atomic E-state index is 12.1. The van der Waals surface area contributed by atoms with Gasteiger partial charge in [0.2, 0.25) is 5.91 Å². The average Bonchev–Trinajstić information content (AvgIpc) is 2.49. The number of para-hydroxylation sites is 1. The van der Waals surface area contributed by atoms with Crippen molar-refractivity contribution in [2.24, 2.45) is 0 Å². The molecule has 110 valence electrons. The van der Waals surface area contributed by atoms with Crippen LogP contribution in [0.15, 0.2) is 48.5 Å². The van der Waals surface area contributed by atoms with E-state index in [1.165, 1.54) is 0 Å². The van der Waals surface area contributed by atoms with Gasteiger partial charge in [0, 0.05) is 10.6 Å². The van der Waals surface area contributed by atoms with E-state index in [9.17, 15) is 4.79 Å². The van der Waals surface area contributed by atoms with Gasteiger partial charge >= 0.3 is 0 Å². The third-order valence-corrected chi connectivity index (χ3v) is 3.66. The van der Waals surface area contributed by atoms with E-state index in [0.29, 0.717) is 5.02 Å². The smallest absolute Gasteiger partial charge is 0.224 e. The van der Waals surface area contributed by atoms with Crippen LogP contribution in [0.4, 0.5) is 0 Å². The first-order valence-electron chi connectivity index (χ1n) is 6.77. The predicted octanol–water partition coefficient (Wildman–Crippen LogP) is 3.77. The minimum absolute atomic E-state index is 0.0680. The Balaban J connectivity index is 2.04. The lowest BCUT2D eigenvalue weighted by Crippen LogP contribution is -2.28. The summed E-state index contributed by atoms with van der Waals surface area (Å²) in [5.74, 6) is 0.699. The zero-order valence-corrected chi connectivity index (χ0v) is 12.9. The molecule has 2 aromatic rings. The van der Waals surface area contributed by atoms with E-state index in [2.05, 4.69) is 5.32 Å². The lowest BCUT2D eigenvalue weighted by molar-refractivity contribution is -0.121. The zero-order chi connectivity index (χ0) is 15.2. The number of halogens is 1. The van der Waals surface area contributed by atoms with Crippen LogP contribution in [0.3, 0.4) is 0 Å². The molecule has 0 bridgehead atoms. The summed E-state index contributed by atoms with van der Waals surface area (Å²) in [5, 5.41) is 3.58. The van der Waals surface area contributed by atoms with Gasteiger partial charge in [-0.05, 0) is 24.6 Å². The van der Waals surface area contributed by atoms with Gasteiger partial charge in [-0.25, -0.2) is 0 Å². The molecule has 0 saturated heterocycles. The number of amides is 1. The number of hydrogen-bond donors (Lipinski definition) is 1. The number of hydrogen-bond acceptors (Lipinski definition) is 2. The largest absolute Gasteiger partial charge is 0.496 e. The summed E-state index contributed by atoms with van der Waals surface area (Å²) in [6.07, 6.45) is 0.263. The summed E-state index contributed by atoms with van der Waals surface area (Å²) in [7, 11) is 1.62. The maximum absolute atomic E-state index is 12.1. The first-order chi connectivity index (χ1) is 10.1. The molecule has 0 aliphatic heterocycles. The van der Waals surface area contributed by atoms with Crippen LogP contribution >= 0.6 is 11.6 Å². The molecule has 0 aliphatic carbocycles. The molecule has 4 heteroatoms. The van der Waals surface area contributed by atoms with Gasteiger partial charge in [-0.3, -0.25) is 4.79 Å². The van der Waals surface area contributed by atoms with Crippen LogP contribution in [-0.4, -0.2) is 13.0 Å². The van der Waals surface area contributed by atoms with E-state index in [1.54, 1.807) is 13.2 Å². The van der Waals surface area contributed by atoms with E-state index in [4.69, 9.17) is 16.3 Å². The van der Waals surface area contributed by atoms with E-state index in [-0.39, 0.29) is 18.4 Å². The highest BCUT2D eigenvalue weighted by Crippen LogP contribution is 2.24. The van der Waals surface area contributed by atoms with Crippen molar-refractivity contribution >= 4 is 17.5 Å². The predicted molar refractivity (Wildman–Crippen MR) is 84.7 cm³/mol. The Morgan fingerprint density at radius 2 is 1.86 bits per heavy atom. The van der Waals surface area contributed by atoms with Crippen molar-refractivity contribution in [3.8, 4) is 5.75 Å². The Morgan fingerprint density at radius 3 is 2.57 bits per heavy atom. The molecule has 0 aliphatic rings. The van der Waals surface area contributed by atoms with Crippen molar-refractivity contribution in [2.75, 3.05) is 7.11 Å². The summed E-state index contributed by atoms with van der Waals surface area (Å²) < 4.78 is 5.31. The van der Waals surface area contributed by atoms with Crippen LogP contribution in [0.1, 0.15) is 24.1 Å². The molecule has 0 saturated carbocycles. The average molecular weight is 304 g/mol. The normalized spacial score (nSPS) is 11.8. The first kappa shape index (κ1) is 15.4. The fourth-order valence-corrected chi connectivity index (χ4v) is 2.41. The number of carbonyl (C=O) groups is 1. The van der Waals surface area contributed by atoms with E-state index >= 15 is 0 Å². The lowest BCUT2D eigenvalue weighted by atomic mass is 10.1. The number of ether oxygens (including phenoxy) is 1. The van der Waals surface area contributed by atoms with Crippen molar-refractivity contribution in [1.82, 2.24) is 5.32 Å². The molecule has 0 spiro atoms. The van der Waals surface area contributed by atoms with Gasteiger partial charge in [0.05, 0.1) is 19.6 Å². The van der Waals surface area contributed by atoms with Crippen molar-refractivity contribution in [3.63, 3.8) is 0 Å². The van der Waals surface area contributed by atoms with Crippen LogP contribution in [0.2, 0.25) is 5.02 Å². The summed E-state index contributed by atoms with van der Waals surface area (Å²) in [5.41, 5.74) is 1.77. The van der Waals surface area contributed by atoms with Crippen LogP contribution in [0, 0.1) is 0 Å². The molecule has 1 unspecified atom stereocenters. The standard InChI is InChI=1S/C17H18ClNO2/c1-12(14-8-4-6-10-16(14)21-2)19-17(20)11-13-7-3-5-9-15(13)18/h3-10,12H,11H2,1-2H3,(H,19,20). The fourth-order valence-electron chi connectivity index (χ4n) is 2.21. The van der Waals surface area contributed by atoms with Gasteiger partial charge in [0.25, 0.3) is 0 Å². The van der Waals surface area contributed by atoms with Gasteiger partial charge in [-0.15, -0.1) is 0 Å². The Kier molecular flexibility index (Phi) is 5.23. The molecule has 2 rings (SSSR count). The van der Waals surface area contributed by atoms with Crippen molar-refractivity contribution in [3.05, 3.63) is 64.7 Å². The lowest BCUT2D eigenvalue weighted by Gasteiger charge is -2.17. The summed E-state index contributed by atoms with van der Waals surface area (Å²) in [4.78, 5) is 12.1. The van der Waals surface area contributed by atoms with Gasteiger partial charge < -0.3 is 10.1 Å². The number of carbonyl (C=O) groups excluding carboxylic acids is 1. The summed E-state index contributed by atoms with van der Waals surface area (Å²) in [6.45, 7) is 1.93. The third kappa shape index (κ3) is 3.99. The summed E-state index contributed by atoms with van der Waals surface area (Å²) in [6, 6.07) is 14.9. The second-order valence-electron chi connectivity index (χ2n) is 4.80. The van der Waals surface area contributed by atoms with E-state index in [0.717, 1.165) is 16.9 Å². The van der Waals surface area contributed by atoms with Crippen LogP contribution < -0.4 is 10.1 Å². The molecule has 0 heterocycles. The van der Waals surface area contributed by atoms with Crippen molar-refractivity contribution in [2.45, 2.75) is 19.4 Å². The number of nitrogens with one attached hydrogen (secondary N) is 1. The van der Waals surface area contributed by atoms with Gasteiger partial charge in [-0.1, -0.05) is 48.0 Å². The minimum Gasteiger partial charge on any atom is -0.496 e. The molecule has 1 N–H and O–H groups in total. The Bertz CT molecular complexity index is 628. The Labute approximate surface area is 129 Å². The number of benzene rings is 2. The topological polar surface area (TPSA) is 38.3 Å². The van der Waals surface area contributed by atoms with Crippen LogP contribution in [-0.2, 0) is 11.2 Å². The van der Waals surface area contributed by atoms with Gasteiger partial charge in [0.15, 0.2) is 0 Å². The molecule has 3 nitrogen and oxygen atoms in total. The first-order valence-corrected chi connectivity index (χ1v) is 7.15. The highest BCUT2D eigenvalue weighted by molar-refractivity contribution is 6.31. The van der Waals surface area contributed by atoms with Crippen molar-refractivity contribution < 1.29 is 9.53 Å². The molecule has 1 atom stereocenters. The van der Waals surface area contributed by atoms with E-state index < -0.39 is 0 Å². The maximum Gasteiger partial charge on any atom is 0.224 e. The molecule has 21 heavy (non-hydrogen) atoms. The molecule has 0 aromatic heterocycles. The number of rotatable bonds is 5. The SMILES string of the molecule is COc1ccccc1C(C)NC(=O)Cc1ccccc1Cl. The second-order valence-corrected chi connectivity index (χ2v) is 5.21. The summed E-state index contributed by atoms with van der Waals surface area (Å²) >= 11 is 6.07. The number of methoxy groups -OCH3 is 1.